The average molecular weight is 718 g/mol. The highest BCUT2D eigenvalue weighted by Crippen LogP contribution is 2.12. The van der Waals surface area contributed by atoms with Gasteiger partial charge < -0.3 is 10.4 Å². The molecule has 0 bridgehead atoms. The molecule has 0 heterocycles. The molecule has 0 fully saturated rings. The number of carbonyl (C=O) groups is 1. The van der Waals surface area contributed by atoms with Crippen molar-refractivity contribution in [1.29, 1.82) is 0 Å². The lowest BCUT2D eigenvalue weighted by molar-refractivity contribution is -0.122. The van der Waals surface area contributed by atoms with E-state index in [1.54, 1.807) is 6.08 Å². The molecule has 0 radical (unpaired) electrons. The summed E-state index contributed by atoms with van der Waals surface area (Å²) in [6.45, 7) is 4.40. The van der Waals surface area contributed by atoms with Gasteiger partial charge in [0.1, 0.15) is 0 Å². The minimum absolute atomic E-state index is 0.261. The third-order valence-electron chi connectivity index (χ3n) is 8.59. The minimum atomic E-state index is -4.37. The van der Waals surface area contributed by atoms with Crippen LogP contribution in [-0.4, -0.2) is 41.9 Å². The number of amides is 1. The number of aliphatic hydroxyl groups excluding tert-OH is 1. The highest BCUT2D eigenvalue weighted by atomic mass is 32.2. The number of unbranched alkanes of at least 4 members (excludes halogenated alkanes) is 17. The van der Waals surface area contributed by atoms with Crippen LogP contribution >= 0.6 is 0 Å². The number of carbonyl (C=O) groups excluding carboxylic acids is 1. The molecule has 0 aromatic carbocycles. The van der Waals surface area contributed by atoms with Crippen LogP contribution in [0.5, 0.6) is 0 Å². The number of hydrogen-bond donors (Lipinski definition) is 3. The van der Waals surface area contributed by atoms with Crippen molar-refractivity contribution in [2.45, 2.75) is 187 Å². The van der Waals surface area contributed by atoms with Gasteiger partial charge in [-0.2, -0.15) is 8.42 Å². The number of hydrogen-bond acceptors (Lipinski definition) is 4. The van der Waals surface area contributed by atoms with Crippen molar-refractivity contribution in [3.05, 3.63) is 72.9 Å². The van der Waals surface area contributed by atoms with E-state index in [1.165, 1.54) is 76.7 Å². The summed E-state index contributed by atoms with van der Waals surface area (Å²) in [5.74, 6) is -1.04. The van der Waals surface area contributed by atoms with E-state index in [1.807, 2.05) is 0 Å². The van der Waals surface area contributed by atoms with Crippen LogP contribution in [0, 0.1) is 0 Å². The van der Waals surface area contributed by atoms with Crippen LogP contribution in [0.4, 0.5) is 0 Å². The van der Waals surface area contributed by atoms with E-state index in [0.717, 1.165) is 70.6 Å². The van der Waals surface area contributed by atoms with Gasteiger partial charge in [-0.3, -0.25) is 9.35 Å². The van der Waals surface area contributed by atoms with Crippen LogP contribution < -0.4 is 5.32 Å². The van der Waals surface area contributed by atoms with Gasteiger partial charge in [0, 0.05) is 6.42 Å². The first-order chi connectivity index (χ1) is 24.3. The Labute approximate surface area is 308 Å². The van der Waals surface area contributed by atoms with E-state index in [4.69, 9.17) is 0 Å². The summed E-state index contributed by atoms with van der Waals surface area (Å²) >= 11 is 0. The topological polar surface area (TPSA) is 104 Å². The maximum Gasteiger partial charge on any atom is 0.267 e. The van der Waals surface area contributed by atoms with Crippen molar-refractivity contribution in [2.24, 2.45) is 0 Å². The Kier molecular flexibility index (Phi) is 34.9. The summed E-state index contributed by atoms with van der Waals surface area (Å²) in [5, 5.41) is 13.2. The maximum atomic E-state index is 12.5. The smallest absolute Gasteiger partial charge is 0.267 e. The zero-order valence-corrected chi connectivity index (χ0v) is 32.8. The first kappa shape index (κ1) is 47.8. The Hall–Kier alpha value is -2.22. The largest absolute Gasteiger partial charge is 0.387 e. The third kappa shape index (κ3) is 37.0. The van der Waals surface area contributed by atoms with Gasteiger partial charge in [0.05, 0.1) is 17.9 Å². The molecular weight excluding hydrogens is 643 g/mol. The van der Waals surface area contributed by atoms with Crippen LogP contribution in [0.1, 0.15) is 174 Å². The number of allylic oxidation sites excluding steroid dienone is 11. The Morgan fingerprint density at radius 3 is 1.50 bits per heavy atom. The standard InChI is InChI=1S/C43H75NO5S/c1-3-5-7-9-11-13-15-17-19-20-21-22-23-25-26-28-30-32-34-36-38-42(45)41(40-50(47,48)49)44-43(46)39-37-35-33-31-29-27-24-18-16-14-12-10-8-6-4-2/h6,8,12,14,18,22-24,28,30,36,38,41-42,45H,3-5,7,9-11,13,15-17,19-21,25-27,29,31-35,37,39-40H2,1-2H3,(H,44,46)(H,47,48,49)/b8-6-,14-12-,23-22+,24-18-,30-28+,38-36+. The number of nitrogens with one attached hydrogen (secondary N) is 1. The first-order valence-corrected chi connectivity index (χ1v) is 21.7. The molecule has 0 aromatic rings. The second-order valence-electron chi connectivity index (χ2n) is 13.5. The molecule has 6 nitrogen and oxygen atoms in total. The van der Waals surface area contributed by atoms with Crippen molar-refractivity contribution in [1.82, 2.24) is 5.32 Å². The highest BCUT2D eigenvalue weighted by molar-refractivity contribution is 7.85. The first-order valence-electron chi connectivity index (χ1n) is 20.1. The van der Waals surface area contributed by atoms with E-state index in [2.05, 4.69) is 79.9 Å². The summed E-state index contributed by atoms with van der Waals surface area (Å²) in [4.78, 5) is 12.5. The Morgan fingerprint density at radius 2 is 0.980 bits per heavy atom. The van der Waals surface area contributed by atoms with Crippen molar-refractivity contribution in [3.8, 4) is 0 Å². The predicted molar refractivity (Wildman–Crippen MR) is 216 cm³/mol. The van der Waals surface area contributed by atoms with Crippen molar-refractivity contribution < 1.29 is 22.9 Å². The monoisotopic (exact) mass is 718 g/mol. The van der Waals surface area contributed by atoms with Gasteiger partial charge in [0.25, 0.3) is 10.1 Å². The van der Waals surface area contributed by atoms with Gasteiger partial charge in [0.15, 0.2) is 0 Å². The summed E-state index contributed by atoms with van der Waals surface area (Å²) in [6, 6.07) is -1.09. The van der Waals surface area contributed by atoms with Gasteiger partial charge in [-0.15, -0.1) is 0 Å². The molecule has 2 unspecified atom stereocenters. The molecule has 0 aliphatic heterocycles. The molecule has 0 aliphatic carbocycles. The van der Waals surface area contributed by atoms with Gasteiger partial charge >= 0.3 is 0 Å². The molecule has 0 aliphatic rings. The fourth-order valence-electron chi connectivity index (χ4n) is 5.61. The van der Waals surface area contributed by atoms with E-state index in [0.29, 0.717) is 12.8 Å². The summed E-state index contributed by atoms with van der Waals surface area (Å²) in [5.41, 5.74) is 0. The molecule has 288 valence electrons. The summed E-state index contributed by atoms with van der Waals surface area (Å²) < 4.78 is 32.4. The molecule has 50 heavy (non-hydrogen) atoms. The Morgan fingerprint density at radius 1 is 0.560 bits per heavy atom. The molecule has 0 saturated heterocycles. The lowest BCUT2D eigenvalue weighted by Crippen LogP contribution is -2.46. The second-order valence-corrected chi connectivity index (χ2v) is 15.0. The number of aliphatic hydroxyl groups is 1. The number of rotatable bonds is 35. The van der Waals surface area contributed by atoms with Gasteiger partial charge in [-0.05, 0) is 77.0 Å². The van der Waals surface area contributed by atoms with Gasteiger partial charge in [-0.1, -0.05) is 164 Å². The molecule has 1 amide bonds. The minimum Gasteiger partial charge on any atom is -0.387 e. The van der Waals surface area contributed by atoms with E-state index in [-0.39, 0.29) is 12.3 Å². The van der Waals surface area contributed by atoms with Crippen molar-refractivity contribution >= 4 is 16.0 Å². The SMILES string of the molecule is CC/C=C\C/C=C\C/C=C\CCCCCCCC(=O)NC(CS(=O)(=O)O)C(O)/C=C/CC/C=C/CC/C=C/CCCCCCCCCCCC. The van der Waals surface area contributed by atoms with Crippen LogP contribution in [0.2, 0.25) is 0 Å². The van der Waals surface area contributed by atoms with Crippen LogP contribution in [0.3, 0.4) is 0 Å². The Balaban J connectivity index is 4.05. The van der Waals surface area contributed by atoms with Gasteiger partial charge in [0.2, 0.25) is 5.91 Å². The molecule has 2 atom stereocenters. The molecule has 7 heteroatoms. The molecule has 0 rings (SSSR count). The molecule has 0 spiro atoms. The summed E-state index contributed by atoms with van der Waals surface area (Å²) in [6.07, 6.45) is 51.7. The van der Waals surface area contributed by atoms with E-state index in [9.17, 15) is 22.9 Å². The molecule has 0 saturated carbocycles. The fraction of sp³-hybridized carbons (Fsp3) is 0.698. The normalized spacial score (nSPS) is 14.1. The fourth-order valence-corrected chi connectivity index (χ4v) is 6.35. The molecule has 3 N–H and O–H groups in total. The van der Waals surface area contributed by atoms with E-state index < -0.39 is 28.0 Å². The second kappa shape index (κ2) is 36.6. The Bertz CT molecular complexity index is 1060. The highest BCUT2D eigenvalue weighted by Gasteiger charge is 2.24. The van der Waals surface area contributed by atoms with Crippen molar-refractivity contribution in [3.63, 3.8) is 0 Å². The van der Waals surface area contributed by atoms with Crippen LogP contribution in [0.25, 0.3) is 0 Å². The zero-order valence-electron chi connectivity index (χ0n) is 32.0. The maximum absolute atomic E-state index is 12.5. The van der Waals surface area contributed by atoms with Crippen LogP contribution in [0.15, 0.2) is 72.9 Å². The molecular formula is C43H75NO5S. The average Bonchev–Trinajstić information content (AvgIpc) is 3.08. The quantitative estimate of drug-likeness (QED) is 0.0344. The molecule has 0 aromatic heterocycles. The van der Waals surface area contributed by atoms with Gasteiger partial charge in [-0.25, -0.2) is 0 Å². The predicted octanol–water partition coefficient (Wildman–Crippen LogP) is 11.8. The lowest BCUT2D eigenvalue weighted by atomic mass is 10.1. The summed E-state index contributed by atoms with van der Waals surface area (Å²) in [7, 11) is -4.37. The zero-order chi connectivity index (χ0) is 36.8. The van der Waals surface area contributed by atoms with E-state index >= 15 is 0 Å². The lowest BCUT2D eigenvalue weighted by Gasteiger charge is -2.21. The van der Waals surface area contributed by atoms with Crippen molar-refractivity contribution in [2.75, 3.05) is 5.75 Å². The third-order valence-corrected chi connectivity index (χ3v) is 9.37. The van der Waals surface area contributed by atoms with Crippen LogP contribution in [-0.2, 0) is 14.9 Å².